The number of nitrogens with zero attached hydrogens (tertiary/aromatic N) is 1. The molecule has 0 saturated carbocycles. The first kappa shape index (κ1) is 12.7. The van der Waals surface area contributed by atoms with E-state index in [2.05, 4.69) is 20.9 Å². The summed E-state index contributed by atoms with van der Waals surface area (Å²) in [7, 11) is 0. The van der Waals surface area contributed by atoms with Gasteiger partial charge in [0.05, 0.1) is 0 Å². The third kappa shape index (κ3) is 3.04. The van der Waals surface area contributed by atoms with Gasteiger partial charge in [-0.15, -0.1) is 0 Å². The number of anilines is 1. The molecule has 1 unspecified atom stereocenters. The number of carbonyl (C=O) groups is 1. The zero-order valence-electron chi connectivity index (χ0n) is 8.51. The molecule has 1 aromatic rings. The second-order valence-electron chi connectivity index (χ2n) is 3.41. The monoisotopic (exact) mass is 286 g/mol. The molecule has 0 bridgehead atoms. The van der Waals surface area contributed by atoms with Crippen molar-refractivity contribution in [2.45, 2.75) is 12.5 Å². The standard InChI is InChI=1S/C10H11BrN2O3/c1-10(16,9(14)15)3-2-6-4-7(11)5-13-8(6)12/h2-5,16H,1H3,(H2,12,13)(H,14,15)/b3-2+. The highest BCUT2D eigenvalue weighted by molar-refractivity contribution is 9.10. The lowest BCUT2D eigenvalue weighted by Crippen LogP contribution is -2.32. The number of pyridine rings is 1. The molecular formula is C10H11BrN2O3. The van der Waals surface area contributed by atoms with Gasteiger partial charge in [0.25, 0.3) is 0 Å². The molecule has 0 amide bonds. The molecule has 1 rings (SSSR count). The van der Waals surface area contributed by atoms with Gasteiger partial charge in [-0.1, -0.05) is 6.08 Å². The van der Waals surface area contributed by atoms with Crippen LogP contribution in [0.5, 0.6) is 0 Å². The first-order valence-electron chi connectivity index (χ1n) is 4.39. The van der Waals surface area contributed by atoms with E-state index in [0.29, 0.717) is 5.56 Å². The Morgan fingerprint density at radius 3 is 2.88 bits per heavy atom. The Balaban J connectivity index is 3.00. The predicted octanol–water partition coefficient (Wildman–Crippen LogP) is 1.28. The van der Waals surface area contributed by atoms with Gasteiger partial charge in [0.15, 0.2) is 5.60 Å². The molecular weight excluding hydrogens is 276 g/mol. The molecule has 0 radical (unpaired) electrons. The first-order valence-corrected chi connectivity index (χ1v) is 5.18. The molecule has 0 aliphatic heterocycles. The first-order chi connectivity index (χ1) is 7.33. The van der Waals surface area contributed by atoms with E-state index in [1.807, 2.05) is 0 Å². The van der Waals surface area contributed by atoms with Crippen LogP contribution in [0, 0.1) is 0 Å². The second kappa shape index (κ2) is 4.63. The zero-order chi connectivity index (χ0) is 12.3. The molecule has 6 heteroatoms. The van der Waals surface area contributed by atoms with Crippen molar-refractivity contribution in [2.75, 3.05) is 5.73 Å². The molecule has 0 spiro atoms. The number of aliphatic carboxylic acids is 1. The zero-order valence-corrected chi connectivity index (χ0v) is 10.1. The van der Waals surface area contributed by atoms with E-state index in [1.54, 1.807) is 6.07 Å². The molecule has 4 N–H and O–H groups in total. The van der Waals surface area contributed by atoms with Gasteiger partial charge in [-0.05, 0) is 35.0 Å². The smallest absolute Gasteiger partial charge is 0.339 e. The van der Waals surface area contributed by atoms with Crippen LogP contribution in [-0.4, -0.2) is 26.8 Å². The fourth-order valence-corrected chi connectivity index (χ4v) is 1.27. The molecule has 5 nitrogen and oxygen atoms in total. The number of hydrogen-bond acceptors (Lipinski definition) is 4. The fourth-order valence-electron chi connectivity index (χ4n) is 0.922. The van der Waals surface area contributed by atoms with Gasteiger partial charge in [0.2, 0.25) is 0 Å². The minimum Gasteiger partial charge on any atom is -0.479 e. The molecule has 16 heavy (non-hydrogen) atoms. The lowest BCUT2D eigenvalue weighted by molar-refractivity contribution is -0.151. The van der Waals surface area contributed by atoms with Crippen molar-refractivity contribution >= 4 is 33.8 Å². The van der Waals surface area contributed by atoms with Gasteiger partial charge in [-0.3, -0.25) is 0 Å². The van der Waals surface area contributed by atoms with Crippen LogP contribution in [-0.2, 0) is 4.79 Å². The van der Waals surface area contributed by atoms with Crippen LogP contribution in [0.15, 0.2) is 22.8 Å². The maximum absolute atomic E-state index is 10.6. The van der Waals surface area contributed by atoms with Crippen LogP contribution in [0.1, 0.15) is 12.5 Å². The van der Waals surface area contributed by atoms with E-state index in [0.717, 1.165) is 10.5 Å². The lowest BCUT2D eigenvalue weighted by Gasteiger charge is -2.12. The average Bonchev–Trinajstić information content (AvgIpc) is 2.19. The van der Waals surface area contributed by atoms with Gasteiger partial charge in [0.1, 0.15) is 5.82 Å². The summed E-state index contributed by atoms with van der Waals surface area (Å²) in [6.45, 7) is 1.17. The van der Waals surface area contributed by atoms with E-state index in [4.69, 9.17) is 10.8 Å². The van der Waals surface area contributed by atoms with Crippen molar-refractivity contribution in [1.29, 1.82) is 0 Å². The maximum atomic E-state index is 10.6. The molecule has 0 aromatic carbocycles. The molecule has 0 fully saturated rings. The minimum absolute atomic E-state index is 0.264. The summed E-state index contributed by atoms with van der Waals surface area (Å²) < 4.78 is 0.719. The third-order valence-electron chi connectivity index (χ3n) is 1.94. The summed E-state index contributed by atoms with van der Waals surface area (Å²) in [5, 5.41) is 18.1. The highest BCUT2D eigenvalue weighted by atomic mass is 79.9. The number of carboxylic acid groups (broad SMARTS) is 1. The molecule has 1 heterocycles. The summed E-state index contributed by atoms with van der Waals surface area (Å²) in [5.74, 6) is -1.06. The molecule has 1 atom stereocenters. The molecule has 0 aliphatic carbocycles. The Morgan fingerprint density at radius 2 is 2.31 bits per heavy atom. The molecule has 0 saturated heterocycles. The van der Waals surface area contributed by atoms with Crippen molar-refractivity contribution in [3.8, 4) is 0 Å². The Morgan fingerprint density at radius 1 is 1.69 bits per heavy atom. The van der Waals surface area contributed by atoms with Crippen LogP contribution in [0.25, 0.3) is 6.08 Å². The number of rotatable bonds is 3. The SMILES string of the molecule is CC(O)(/C=C/c1cc(Br)cnc1N)C(=O)O. The quantitative estimate of drug-likeness (QED) is 0.778. The van der Waals surface area contributed by atoms with Crippen molar-refractivity contribution < 1.29 is 15.0 Å². The molecule has 0 aliphatic rings. The highest BCUT2D eigenvalue weighted by Gasteiger charge is 2.25. The molecule has 86 valence electrons. The predicted molar refractivity (Wildman–Crippen MR) is 63.6 cm³/mol. The largest absolute Gasteiger partial charge is 0.479 e. The van der Waals surface area contributed by atoms with E-state index >= 15 is 0 Å². The van der Waals surface area contributed by atoms with Crippen molar-refractivity contribution in [1.82, 2.24) is 4.98 Å². The number of aliphatic hydroxyl groups is 1. The van der Waals surface area contributed by atoms with E-state index < -0.39 is 11.6 Å². The van der Waals surface area contributed by atoms with Gasteiger partial charge < -0.3 is 15.9 Å². The van der Waals surface area contributed by atoms with Crippen LogP contribution in [0.2, 0.25) is 0 Å². The van der Waals surface area contributed by atoms with E-state index in [-0.39, 0.29) is 5.82 Å². The fraction of sp³-hybridized carbons (Fsp3) is 0.200. The normalized spacial score (nSPS) is 14.9. The van der Waals surface area contributed by atoms with Gasteiger partial charge in [0, 0.05) is 16.2 Å². The number of carboxylic acids is 1. The van der Waals surface area contributed by atoms with Gasteiger partial charge >= 0.3 is 5.97 Å². The summed E-state index contributed by atoms with van der Waals surface area (Å²) >= 11 is 3.21. The van der Waals surface area contributed by atoms with Crippen LogP contribution >= 0.6 is 15.9 Å². The van der Waals surface area contributed by atoms with Gasteiger partial charge in [-0.2, -0.15) is 0 Å². The summed E-state index contributed by atoms with van der Waals surface area (Å²) in [4.78, 5) is 14.5. The number of halogens is 1. The minimum atomic E-state index is -1.92. The van der Waals surface area contributed by atoms with Crippen LogP contribution < -0.4 is 5.73 Å². The third-order valence-corrected chi connectivity index (χ3v) is 2.37. The van der Waals surface area contributed by atoms with Gasteiger partial charge in [-0.25, -0.2) is 9.78 Å². The van der Waals surface area contributed by atoms with E-state index in [1.165, 1.54) is 19.2 Å². The number of nitrogens with two attached hydrogens (primary N) is 1. The topological polar surface area (TPSA) is 96.4 Å². The number of nitrogen functional groups attached to an aromatic ring is 1. The average molecular weight is 287 g/mol. The lowest BCUT2D eigenvalue weighted by atomic mass is 10.1. The van der Waals surface area contributed by atoms with Crippen molar-refractivity contribution in [2.24, 2.45) is 0 Å². The van der Waals surface area contributed by atoms with Crippen molar-refractivity contribution in [3.63, 3.8) is 0 Å². The highest BCUT2D eigenvalue weighted by Crippen LogP contribution is 2.18. The summed E-state index contributed by atoms with van der Waals surface area (Å²) in [6.07, 6.45) is 4.10. The van der Waals surface area contributed by atoms with Crippen LogP contribution in [0.4, 0.5) is 5.82 Å². The van der Waals surface area contributed by atoms with E-state index in [9.17, 15) is 9.90 Å². The summed E-state index contributed by atoms with van der Waals surface area (Å²) in [5.41, 5.74) is 4.20. The Labute approximate surface area is 101 Å². The Kier molecular flexibility index (Phi) is 3.66. The summed E-state index contributed by atoms with van der Waals surface area (Å²) in [6, 6.07) is 1.68. The number of aromatic nitrogens is 1. The second-order valence-corrected chi connectivity index (χ2v) is 4.33. The molecule has 1 aromatic heterocycles. The Hall–Kier alpha value is -1.40. The number of hydrogen-bond donors (Lipinski definition) is 3. The van der Waals surface area contributed by atoms with Crippen LogP contribution in [0.3, 0.4) is 0 Å². The Bertz CT molecular complexity index is 444. The van der Waals surface area contributed by atoms with Crippen molar-refractivity contribution in [3.05, 3.63) is 28.4 Å². The maximum Gasteiger partial charge on any atom is 0.339 e.